The normalized spacial score (nSPS) is 14.4. The summed E-state index contributed by atoms with van der Waals surface area (Å²) in [7, 11) is 0. The van der Waals surface area contributed by atoms with Gasteiger partial charge in [-0.25, -0.2) is 19.3 Å². The number of nitrogens with zero attached hydrogens (tertiary/aromatic N) is 5. The van der Waals surface area contributed by atoms with Gasteiger partial charge in [-0.05, 0) is 25.8 Å². The molecule has 10 heteroatoms. The van der Waals surface area contributed by atoms with Crippen LogP contribution in [-0.4, -0.2) is 25.1 Å². The maximum atomic E-state index is 13.0. The van der Waals surface area contributed by atoms with E-state index in [2.05, 4.69) is 41.9 Å². The van der Waals surface area contributed by atoms with Crippen molar-refractivity contribution in [3.8, 4) is 6.07 Å². The lowest BCUT2D eigenvalue weighted by Crippen LogP contribution is -2.13. The quantitative estimate of drug-likeness (QED) is 0.573. The molecule has 3 aromatic rings. The van der Waals surface area contributed by atoms with Crippen molar-refractivity contribution in [3.63, 3.8) is 0 Å². The molecule has 3 N–H and O–H groups in total. The first-order chi connectivity index (χ1) is 13.5. The number of hydrogen-bond acceptors (Lipinski definition) is 7. The Balaban J connectivity index is 1.57. The molecule has 1 saturated carbocycles. The van der Waals surface area contributed by atoms with E-state index >= 15 is 0 Å². The molecule has 8 nitrogen and oxygen atoms in total. The van der Waals surface area contributed by atoms with Crippen LogP contribution in [0.3, 0.4) is 0 Å². The molecule has 1 fully saturated rings. The topological polar surface area (TPSA) is 115 Å². The van der Waals surface area contributed by atoms with Crippen LogP contribution < -0.4 is 10.6 Å². The Morgan fingerprint density at radius 3 is 2.71 bits per heavy atom. The number of aromatic nitrogens is 5. The van der Waals surface area contributed by atoms with Gasteiger partial charge in [0.1, 0.15) is 17.7 Å². The highest BCUT2D eigenvalue weighted by Crippen LogP contribution is 2.40. The Morgan fingerprint density at radius 1 is 1.29 bits per heavy atom. The van der Waals surface area contributed by atoms with Gasteiger partial charge in [0, 0.05) is 17.7 Å². The molecule has 1 atom stereocenters. The van der Waals surface area contributed by atoms with Gasteiger partial charge < -0.3 is 10.6 Å². The van der Waals surface area contributed by atoms with Gasteiger partial charge in [-0.2, -0.15) is 10.4 Å². The lowest BCUT2D eigenvalue weighted by molar-refractivity contribution is 0.604. The van der Waals surface area contributed by atoms with E-state index in [4.69, 9.17) is 11.6 Å². The molecule has 142 valence electrons. The average molecular weight is 399 g/mol. The second-order valence-electron chi connectivity index (χ2n) is 6.56. The Bertz CT molecular complexity index is 1040. The summed E-state index contributed by atoms with van der Waals surface area (Å²) in [4.78, 5) is 12.3. The third kappa shape index (κ3) is 3.87. The minimum Gasteiger partial charge on any atom is -0.359 e. The summed E-state index contributed by atoms with van der Waals surface area (Å²) in [6.07, 6.45) is 4.50. The zero-order valence-electron chi connectivity index (χ0n) is 14.9. The lowest BCUT2D eigenvalue weighted by Gasteiger charge is -2.16. The van der Waals surface area contributed by atoms with Crippen LogP contribution in [0, 0.1) is 17.1 Å². The second-order valence-corrected chi connectivity index (χ2v) is 6.97. The molecular formula is C18H16ClFN8. The molecule has 0 radical (unpaired) electrons. The summed E-state index contributed by atoms with van der Waals surface area (Å²) in [5.74, 6) is 1.67. The Kier molecular flexibility index (Phi) is 4.79. The largest absolute Gasteiger partial charge is 0.359 e. The first-order valence-corrected chi connectivity index (χ1v) is 9.08. The van der Waals surface area contributed by atoms with Crippen LogP contribution in [-0.2, 0) is 0 Å². The Morgan fingerprint density at radius 2 is 2.04 bits per heavy atom. The zero-order chi connectivity index (χ0) is 19.7. The molecule has 0 aromatic carbocycles. The monoisotopic (exact) mass is 398 g/mol. The van der Waals surface area contributed by atoms with E-state index in [1.165, 1.54) is 6.07 Å². The molecule has 3 heterocycles. The Hall–Kier alpha value is -3.25. The molecule has 0 unspecified atom stereocenters. The van der Waals surface area contributed by atoms with Crippen LogP contribution >= 0.6 is 11.6 Å². The predicted molar refractivity (Wildman–Crippen MR) is 102 cm³/mol. The van der Waals surface area contributed by atoms with Gasteiger partial charge in [0.25, 0.3) is 0 Å². The summed E-state index contributed by atoms with van der Waals surface area (Å²) < 4.78 is 13.0. The summed E-state index contributed by atoms with van der Waals surface area (Å²) in [5, 5.41) is 23.1. The number of anilines is 3. The highest BCUT2D eigenvalue weighted by molar-refractivity contribution is 6.33. The second kappa shape index (κ2) is 7.40. The number of halogens is 2. The van der Waals surface area contributed by atoms with Crippen LogP contribution in [0.5, 0.6) is 0 Å². The highest BCUT2D eigenvalue weighted by Gasteiger charge is 2.25. The summed E-state index contributed by atoms with van der Waals surface area (Å²) in [5.41, 5.74) is 1.35. The van der Waals surface area contributed by atoms with Crippen molar-refractivity contribution in [2.24, 2.45) is 0 Å². The zero-order valence-corrected chi connectivity index (χ0v) is 15.6. The van der Waals surface area contributed by atoms with Crippen LogP contribution in [0.15, 0.2) is 24.5 Å². The lowest BCUT2D eigenvalue weighted by atomic mass is 10.2. The number of nitrogens with one attached hydrogen (secondary N) is 3. The number of rotatable bonds is 6. The molecule has 0 spiro atoms. The van der Waals surface area contributed by atoms with Crippen molar-refractivity contribution in [1.82, 2.24) is 25.1 Å². The van der Waals surface area contributed by atoms with Gasteiger partial charge in [0.05, 0.1) is 29.0 Å². The summed E-state index contributed by atoms with van der Waals surface area (Å²) in [6.45, 7) is 1.79. The Labute approximate surface area is 165 Å². The third-order valence-electron chi connectivity index (χ3n) is 4.34. The van der Waals surface area contributed by atoms with Crippen molar-refractivity contribution in [1.29, 1.82) is 5.26 Å². The summed E-state index contributed by atoms with van der Waals surface area (Å²) >= 11 is 6.27. The highest BCUT2D eigenvalue weighted by atomic mass is 35.5. The van der Waals surface area contributed by atoms with Gasteiger partial charge in [0.15, 0.2) is 17.5 Å². The first kappa shape index (κ1) is 18.1. The maximum absolute atomic E-state index is 13.0. The van der Waals surface area contributed by atoms with Crippen LogP contribution in [0.25, 0.3) is 0 Å². The SMILES string of the molecule is C[C@H](Nc1nc(Nc2cc(C3CC3)[nH]n2)c(Cl)cc1C#N)c1ncc(F)cn1. The smallest absolute Gasteiger partial charge is 0.159 e. The predicted octanol–water partition coefficient (Wildman–Crippen LogP) is 4.05. The van der Waals surface area contributed by atoms with Crippen LogP contribution in [0.4, 0.5) is 21.8 Å². The minimum atomic E-state index is -0.519. The maximum Gasteiger partial charge on any atom is 0.159 e. The molecule has 0 aliphatic heterocycles. The fraction of sp³-hybridized carbons (Fsp3) is 0.278. The van der Waals surface area contributed by atoms with Crippen molar-refractivity contribution in [2.75, 3.05) is 10.6 Å². The van der Waals surface area contributed by atoms with E-state index in [0.717, 1.165) is 30.9 Å². The number of H-pyrrole nitrogens is 1. The molecule has 0 amide bonds. The van der Waals surface area contributed by atoms with Gasteiger partial charge in [-0.15, -0.1) is 0 Å². The fourth-order valence-corrected chi connectivity index (χ4v) is 2.91. The molecule has 4 rings (SSSR count). The minimum absolute atomic E-state index is 0.269. The van der Waals surface area contributed by atoms with Gasteiger partial charge >= 0.3 is 0 Å². The summed E-state index contributed by atoms with van der Waals surface area (Å²) in [6, 6.07) is 5.11. The fourth-order valence-electron chi connectivity index (χ4n) is 2.71. The number of hydrogen-bond donors (Lipinski definition) is 3. The van der Waals surface area contributed by atoms with Crippen molar-refractivity contribution in [2.45, 2.75) is 31.7 Å². The molecule has 0 saturated heterocycles. The van der Waals surface area contributed by atoms with Gasteiger partial charge in [-0.3, -0.25) is 5.10 Å². The van der Waals surface area contributed by atoms with E-state index in [1.54, 1.807) is 6.92 Å². The van der Waals surface area contributed by atoms with Crippen molar-refractivity contribution < 1.29 is 4.39 Å². The molecule has 28 heavy (non-hydrogen) atoms. The first-order valence-electron chi connectivity index (χ1n) is 8.70. The molecule has 1 aliphatic rings. The van der Waals surface area contributed by atoms with E-state index in [0.29, 0.717) is 34.2 Å². The van der Waals surface area contributed by atoms with E-state index in [-0.39, 0.29) is 5.56 Å². The van der Waals surface area contributed by atoms with E-state index in [9.17, 15) is 9.65 Å². The molecule has 0 bridgehead atoms. The van der Waals surface area contributed by atoms with E-state index in [1.807, 2.05) is 6.07 Å². The average Bonchev–Trinajstić information content (AvgIpc) is 3.44. The van der Waals surface area contributed by atoms with Crippen molar-refractivity contribution in [3.05, 3.63) is 52.4 Å². The number of aromatic amines is 1. The molecule has 3 aromatic heterocycles. The van der Waals surface area contributed by atoms with Crippen LogP contribution in [0.2, 0.25) is 5.02 Å². The number of pyridine rings is 1. The van der Waals surface area contributed by atoms with E-state index < -0.39 is 11.9 Å². The van der Waals surface area contributed by atoms with Gasteiger partial charge in [0.2, 0.25) is 0 Å². The third-order valence-corrected chi connectivity index (χ3v) is 4.63. The number of nitriles is 1. The van der Waals surface area contributed by atoms with Gasteiger partial charge in [-0.1, -0.05) is 11.6 Å². The molecule has 1 aliphatic carbocycles. The standard InChI is InChI=1S/C18H16ClFN8/c1-9(16-22-7-12(20)8-23-16)24-17-11(6-21)4-13(19)18(26-17)25-15-5-14(27-28-15)10-2-3-10/h4-5,7-10H,2-3H2,1H3,(H3,24,25,26,27,28)/t9-/m0/s1. The molecular weight excluding hydrogens is 383 g/mol. The van der Waals surface area contributed by atoms with Crippen LogP contribution in [0.1, 0.15) is 48.8 Å². The van der Waals surface area contributed by atoms with Crippen molar-refractivity contribution >= 4 is 29.1 Å².